The quantitative estimate of drug-likeness (QED) is 0.690. The normalized spacial score (nSPS) is 10.7. The lowest BCUT2D eigenvalue weighted by molar-refractivity contribution is 0.0897. The van der Waals surface area contributed by atoms with Gasteiger partial charge in [-0.2, -0.15) is 5.26 Å². The second kappa shape index (κ2) is 8.56. The Morgan fingerprint density at radius 3 is 2.48 bits per heavy atom. The van der Waals surface area contributed by atoms with E-state index in [0.717, 1.165) is 16.7 Å². The fourth-order valence-electron chi connectivity index (χ4n) is 2.25. The number of benzene rings is 1. The summed E-state index contributed by atoms with van der Waals surface area (Å²) in [6, 6.07) is 6.14. The zero-order valence-corrected chi connectivity index (χ0v) is 13.4. The molecule has 1 aromatic carbocycles. The zero-order chi connectivity index (χ0) is 15.8. The van der Waals surface area contributed by atoms with E-state index in [-0.39, 0.29) is 5.78 Å². The summed E-state index contributed by atoms with van der Waals surface area (Å²) < 4.78 is 5.06. The van der Waals surface area contributed by atoms with Gasteiger partial charge in [-0.3, -0.25) is 9.69 Å². The number of carbonyl (C=O) groups excluding carboxylic acids is 1. The maximum Gasteiger partial charge on any atom is 0.177 e. The first-order chi connectivity index (χ1) is 9.99. The SMILES string of the molecule is COCCN(CCC#N)CC(=O)c1cc(C)c(C)cc1C. The fourth-order valence-corrected chi connectivity index (χ4v) is 2.25. The number of ether oxygens (including phenoxy) is 1. The van der Waals surface area contributed by atoms with E-state index < -0.39 is 0 Å². The molecule has 0 heterocycles. The first-order valence-corrected chi connectivity index (χ1v) is 7.19. The first-order valence-electron chi connectivity index (χ1n) is 7.19. The van der Waals surface area contributed by atoms with E-state index in [1.807, 2.05) is 31.7 Å². The van der Waals surface area contributed by atoms with Crippen LogP contribution in [0.3, 0.4) is 0 Å². The molecule has 0 N–H and O–H groups in total. The highest BCUT2D eigenvalue weighted by atomic mass is 16.5. The molecule has 0 saturated carbocycles. The molecule has 1 rings (SSSR count). The van der Waals surface area contributed by atoms with Gasteiger partial charge in [0.15, 0.2) is 5.78 Å². The van der Waals surface area contributed by atoms with Gasteiger partial charge in [0, 0.05) is 32.2 Å². The summed E-state index contributed by atoms with van der Waals surface area (Å²) in [5.74, 6) is 0.102. The number of hydrogen-bond acceptors (Lipinski definition) is 4. The third-order valence-corrected chi connectivity index (χ3v) is 3.66. The van der Waals surface area contributed by atoms with E-state index in [1.165, 1.54) is 5.56 Å². The Hall–Kier alpha value is -1.70. The van der Waals surface area contributed by atoms with Crippen LogP contribution in [0.4, 0.5) is 0 Å². The summed E-state index contributed by atoms with van der Waals surface area (Å²) in [6.07, 6.45) is 0.420. The van der Waals surface area contributed by atoms with Crippen molar-refractivity contribution in [1.82, 2.24) is 4.90 Å². The second-order valence-electron chi connectivity index (χ2n) is 5.35. The van der Waals surface area contributed by atoms with Crippen LogP contribution in [0.1, 0.15) is 33.5 Å². The van der Waals surface area contributed by atoms with Crippen LogP contribution in [0, 0.1) is 32.1 Å². The monoisotopic (exact) mass is 288 g/mol. The minimum Gasteiger partial charge on any atom is -0.383 e. The van der Waals surface area contributed by atoms with Crippen LogP contribution >= 0.6 is 0 Å². The van der Waals surface area contributed by atoms with Crippen LogP contribution < -0.4 is 0 Å². The minimum atomic E-state index is 0.102. The minimum absolute atomic E-state index is 0.102. The molecule has 0 atom stereocenters. The molecule has 0 unspecified atom stereocenters. The van der Waals surface area contributed by atoms with E-state index in [2.05, 4.69) is 12.1 Å². The molecule has 0 saturated heterocycles. The van der Waals surface area contributed by atoms with Crippen LogP contribution in [-0.4, -0.2) is 44.0 Å². The second-order valence-corrected chi connectivity index (χ2v) is 5.35. The van der Waals surface area contributed by atoms with Gasteiger partial charge < -0.3 is 4.74 Å². The molecule has 0 aliphatic heterocycles. The third-order valence-electron chi connectivity index (χ3n) is 3.66. The number of aryl methyl sites for hydroxylation is 3. The van der Waals surface area contributed by atoms with Gasteiger partial charge in [0.25, 0.3) is 0 Å². The molecular weight excluding hydrogens is 264 g/mol. The number of rotatable bonds is 8. The fraction of sp³-hybridized carbons (Fsp3) is 0.529. The highest BCUT2D eigenvalue weighted by Gasteiger charge is 2.15. The highest BCUT2D eigenvalue weighted by Crippen LogP contribution is 2.16. The maximum atomic E-state index is 12.5. The predicted octanol–water partition coefficient (Wildman–Crippen LogP) is 2.66. The molecule has 0 spiro atoms. The Balaban J connectivity index is 2.81. The van der Waals surface area contributed by atoms with Gasteiger partial charge >= 0.3 is 0 Å². The van der Waals surface area contributed by atoms with Crippen molar-refractivity contribution in [2.24, 2.45) is 0 Å². The average molecular weight is 288 g/mol. The molecule has 0 aromatic heterocycles. The Bertz CT molecular complexity index is 532. The summed E-state index contributed by atoms with van der Waals surface area (Å²) in [5, 5.41) is 8.71. The van der Waals surface area contributed by atoms with Gasteiger partial charge in [0.05, 0.1) is 19.2 Å². The van der Waals surface area contributed by atoms with Crippen molar-refractivity contribution in [3.63, 3.8) is 0 Å². The van der Waals surface area contributed by atoms with Crippen LogP contribution in [-0.2, 0) is 4.74 Å². The van der Waals surface area contributed by atoms with Gasteiger partial charge in [-0.1, -0.05) is 6.07 Å². The Morgan fingerprint density at radius 2 is 1.86 bits per heavy atom. The molecule has 0 bridgehead atoms. The smallest absolute Gasteiger partial charge is 0.177 e. The zero-order valence-electron chi connectivity index (χ0n) is 13.4. The number of hydrogen-bond donors (Lipinski definition) is 0. The molecule has 4 heteroatoms. The predicted molar refractivity (Wildman–Crippen MR) is 83.5 cm³/mol. The van der Waals surface area contributed by atoms with Crippen molar-refractivity contribution in [3.8, 4) is 6.07 Å². The lowest BCUT2D eigenvalue weighted by Crippen LogP contribution is -2.33. The lowest BCUT2D eigenvalue weighted by Gasteiger charge is -2.20. The molecule has 0 radical (unpaired) electrons. The number of methoxy groups -OCH3 is 1. The van der Waals surface area contributed by atoms with Gasteiger partial charge in [-0.05, 0) is 43.5 Å². The van der Waals surface area contributed by atoms with Crippen LogP contribution in [0.25, 0.3) is 0 Å². The van der Waals surface area contributed by atoms with Crippen molar-refractivity contribution in [2.45, 2.75) is 27.2 Å². The topological polar surface area (TPSA) is 53.3 Å². The van der Waals surface area contributed by atoms with Gasteiger partial charge in [-0.25, -0.2) is 0 Å². The van der Waals surface area contributed by atoms with E-state index >= 15 is 0 Å². The molecule has 0 amide bonds. The number of carbonyl (C=O) groups is 1. The summed E-state index contributed by atoms with van der Waals surface area (Å²) >= 11 is 0. The Kier molecular flexibility index (Phi) is 7.07. The van der Waals surface area contributed by atoms with Crippen molar-refractivity contribution >= 4 is 5.78 Å². The van der Waals surface area contributed by atoms with E-state index in [1.54, 1.807) is 7.11 Å². The Morgan fingerprint density at radius 1 is 1.19 bits per heavy atom. The molecular formula is C17H24N2O2. The maximum absolute atomic E-state index is 12.5. The van der Waals surface area contributed by atoms with E-state index in [9.17, 15) is 4.79 Å². The van der Waals surface area contributed by atoms with Crippen LogP contribution in [0.5, 0.6) is 0 Å². The van der Waals surface area contributed by atoms with Gasteiger partial charge in [0.1, 0.15) is 0 Å². The molecule has 0 aliphatic rings. The summed E-state index contributed by atoms with van der Waals surface area (Å²) in [5.41, 5.74) is 4.11. The first kappa shape index (κ1) is 17.4. The molecule has 114 valence electrons. The molecule has 1 aromatic rings. The van der Waals surface area contributed by atoms with Gasteiger partial charge in [-0.15, -0.1) is 0 Å². The van der Waals surface area contributed by atoms with E-state index in [0.29, 0.717) is 32.7 Å². The van der Waals surface area contributed by atoms with Crippen LogP contribution in [0.2, 0.25) is 0 Å². The Labute approximate surface area is 127 Å². The highest BCUT2D eigenvalue weighted by molar-refractivity contribution is 5.99. The van der Waals surface area contributed by atoms with Gasteiger partial charge in [0.2, 0.25) is 0 Å². The van der Waals surface area contributed by atoms with E-state index in [4.69, 9.17) is 10.00 Å². The van der Waals surface area contributed by atoms with Crippen molar-refractivity contribution in [1.29, 1.82) is 5.26 Å². The number of nitriles is 1. The number of nitrogens with zero attached hydrogens (tertiary/aromatic N) is 2. The average Bonchev–Trinajstić information content (AvgIpc) is 2.45. The standard InChI is InChI=1S/C17H24N2O2/c1-13-10-15(3)16(11-14(13)2)17(20)12-19(7-5-6-18)8-9-21-4/h10-11H,5,7-9,12H2,1-4H3. The van der Waals surface area contributed by atoms with Crippen LogP contribution in [0.15, 0.2) is 12.1 Å². The lowest BCUT2D eigenvalue weighted by atomic mass is 9.98. The largest absolute Gasteiger partial charge is 0.383 e. The van der Waals surface area contributed by atoms with Crippen molar-refractivity contribution in [2.75, 3.05) is 33.4 Å². The summed E-state index contributed by atoms with van der Waals surface area (Å²) in [7, 11) is 1.64. The number of Topliss-reactive ketones (excluding diaryl/α,β-unsaturated/α-hetero) is 1. The molecule has 0 aliphatic carbocycles. The van der Waals surface area contributed by atoms with Crippen molar-refractivity contribution < 1.29 is 9.53 Å². The summed E-state index contributed by atoms with van der Waals surface area (Å²) in [6.45, 7) is 8.18. The number of ketones is 1. The molecule has 0 fully saturated rings. The molecule has 4 nitrogen and oxygen atoms in total. The van der Waals surface area contributed by atoms with Crippen molar-refractivity contribution in [3.05, 3.63) is 34.4 Å². The summed E-state index contributed by atoms with van der Waals surface area (Å²) in [4.78, 5) is 14.5. The third kappa shape index (κ3) is 5.30. The molecule has 21 heavy (non-hydrogen) atoms.